The highest BCUT2D eigenvalue weighted by atomic mass is 32.1. The minimum absolute atomic E-state index is 0.495. The standard InChI is InChI=1S/C18H17NS/c1-19-11-16(13-5-3-2-4-6-13)14-7-8-18-15(9-10-20-18)17(14)12-19/h2-10,16H,11-12H2,1H3. The van der Waals surface area contributed by atoms with Crippen LogP contribution in [0, 0.1) is 0 Å². The summed E-state index contributed by atoms with van der Waals surface area (Å²) in [6.07, 6.45) is 0. The molecule has 0 spiro atoms. The molecule has 1 aliphatic rings. The van der Waals surface area contributed by atoms with Crippen molar-refractivity contribution < 1.29 is 0 Å². The fourth-order valence-corrected chi connectivity index (χ4v) is 4.15. The first-order valence-electron chi connectivity index (χ1n) is 7.05. The molecule has 0 fully saturated rings. The Bertz CT molecular complexity index is 744. The molecule has 0 N–H and O–H groups in total. The summed E-state index contributed by atoms with van der Waals surface area (Å²) in [6, 6.07) is 17.8. The molecule has 1 aliphatic heterocycles. The topological polar surface area (TPSA) is 3.24 Å². The van der Waals surface area contributed by atoms with Crippen molar-refractivity contribution in [3.05, 3.63) is 70.6 Å². The predicted octanol–water partition coefficient (Wildman–Crippen LogP) is 4.48. The van der Waals surface area contributed by atoms with Gasteiger partial charge in [0.1, 0.15) is 0 Å². The predicted molar refractivity (Wildman–Crippen MR) is 86.4 cm³/mol. The molecule has 20 heavy (non-hydrogen) atoms. The first kappa shape index (κ1) is 12.1. The average molecular weight is 279 g/mol. The van der Waals surface area contributed by atoms with E-state index in [1.807, 2.05) is 11.3 Å². The number of nitrogens with zero attached hydrogens (tertiary/aromatic N) is 1. The molecule has 2 heterocycles. The number of benzene rings is 2. The number of likely N-dealkylation sites (N-methyl/N-ethyl adjacent to an activating group) is 1. The van der Waals surface area contributed by atoms with Gasteiger partial charge in [-0.2, -0.15) is 0 Å². The molecule has 2 heteroatoms. The lowest BCUT2D eigenvalue weighted by Gasteiger charge is -2.33. The molecule has 0 aliphatic carbocycles. The summed E-state index contributed by atoms with van der Waals surface area (Å²) < 4.78 is 1.41. The van der Waals surface area contributed by atoms with Gasteiger partial charge in [-0.1, -0.05) is 36.4 Å². The highest BCUT2D eigenvalue weighted by Gasteiger charge is 2.26. The van der Waals surface area contributed by atoms with Gasteiger partial charge in [0.2, 0.25) is 0 Å². The Morgan fingerprint density at radius 2 is 1.90 bits per heavy atom. The zero-order valence-electron chi connectivity index (χ0n) is 11.5. The Hall–Kier alpha value is -1.64. The summed E-state index contributed by atoms with van der Waals surface area (Å²) in [5.74, 6) is 0.495. The van der Waals surface area contributed by atoms with Gasteiger partial charge in [-0.25, -0.2) is 0 Å². The zero-order valence-corrected chi connectivity index (χ0v) is 12.4. The minimum Gasteiger partial charge on any atom is -0.301 e. The average Bonchev–Trinajstić information content (AvgIpc) is 2.96. The van der Waals surface area contributed by atoms with Gasteiger partial charge in [0.25, 0.3) is 0 Å². The first-order valence-corrected chi connectivity index (χ1v) is 7.93. The number of rotatable bonds is 1. The Balaban J connectivity index is 1.92. The summed E-state index contributed by atoms with van der Waals surface area (Å²) in [5.41, 5.74) is 4.46. The second-order valence-electron chi connectivity index (χ2n) is 5.63. The van der Waals surface area contributed by atoms with Crippen LogP contribution < -0.4 is 0 Å². The summed E-state index contributed by atoms with van der Waals surface area (Å²) >= 11 is 1.84. The van der Waals surface area contributed by atoms with E-state index in [1.54, 1.807) is 0 Å². The molecule has 100 valence electrons. The van der Waals surface area contributed by atoms with Gasteiger partial charge in [-0.3, -0.25) is 0 Å². The van der Waals surface area contributed by atoms with Gasteiger partial charge in [0, 0.05) is 23.7 Å². The van der Waals surface area contributed by atoms with Crippen molar-refractivity contribution in [1.29, 1.82) is 0 Å². The van der Waals surface area contributed by atoms with E-state index < -0.39 is 0 Å². The molecule has 2 aromatic carbocycles. The van der Waals surface area contributed by atoms with E-state index in [-0.39, 0.29) is 0 Å². The second-order valence-corrected chi connectivity index (χ2v) is 6.57. The van der Waals surface area contributed by atoms with E-state index in [0.717, 1.165) is 13.1 Å². The van der Waals surface area contributed by atoms with Crippen molar-refractivity contribution in [2.45, 2.75) is 12.5 Å². The first-order chi connectivity index (χ1) is 9.83. The van der Waals surface area contributed by atoms with Gasteiger partial charge in [0.15, 0.2) is 0 Å². The van der Waals surface area contributed by atoms with Crippen LogP contribution in [0.4, 0.5) is 0 Å². The fraction of sp³-hybridized carbons (Fsp3) is 0.222. The van der Waals surface area contributed by atoms with E-state index in [1.165, 1.54) is 26.8 Å². The molecule has 1 aromatic heterocycles. The third-order valence-electron chi connectivity index (χ3n) is 4.28. The molecule has 1 unspecified atom stereocenters. The highest BCUT2D eigenvalue weighted by Crippen LogP contribution is 2.38. The minimum atomic E-state index is 0.495. The maximum atomic E-state index is 2.44. The largest absolute Gasteiger partial charge is 0.301 e. The molecule has 4 rings (SSSR count). The summed E-state index contributed by atoms with van der Waals surface area (Å²) in [7, 11) is 2.23. The van der Waals surface area contributed by atoms with Crippen LogP contribution in [0.15, 0.2) is 53.9 Å². The lowest BCUT2D eigenvalue weighted by molar-refractivity contribution is 0.297. The van der Waals surface area contributed by atoms with Crippen LogP contribution in [0.25, 0.3) is 10.1 Å². The Morgan fingerprint density at radius 3 is 2.75 bits per heavy atom. The SMILES string of the molecule is CN1Cc2c(ccc3sccc23)C(c2ccccc2)C1. The number of thiophene rings is 1. The van der Waals surface area contributed by atoms with E-state index in [9.17, 15) is 0 Å². The van der Waals surface area contributed by atoms with E-state index >= 15 is 0 Å². The Morgan fingerprint density at radius 1 is 1.05 bits per heavy atom. The van der Waals surface area contributed by atoms with Gasteiger partial charge >= 0.3 is 0 Å². The normalized spacial score (nSPS) is 19.1. The van der Waals surface area contributed by atoms with Crippen LogP contribution in [-0.2, 0) is 6.54 Å². The summed E-state index contributed by atoms with van der Waals surface area (Å²) in [5, 5.41) is 3.65. The van der Waals surface area contributed by atoms with Crippen molar-refractivity contribution in [1.82, 2.24) is 4.90 Å². The van der Waals surface area contributed by atoms with Crippen molar-refractivity contribution in [3.8, 4) is 0 Å². The fourth-order valence-electron chi connectivity index (χ4n) is 3.34. The Kier molecular flexibility index (Phi) is 2.86. The third kappa shape index (κ3) is 1.88. The molecule has 0 saturated carbocycles. The van der Waals surface area contributed by atoms with Crippen molar-refractivity contribution in [2.24, 2.45) is 0 Å². The van der Waals surface area contributed by atoms with Gasteiger partial charge < -0.3 is 4.90 Å². The van der Waals surface area contributed by atoms with Gasteiger partial charge in [-0.05, 0) is 46.6 Å². The van der Waals surface area contributed by atoms with Gasteiger partial charge in [-0.15, -0.1) is 11.3 Å². The lowest BCUT2D eigenvalue weighted by atomic mass is 9.84. The molecule has 1 nitrogen and oxygen atoms in total. The number of hydrogen-bond acceptors (Lipinski definition) is 2. The van der Waals surface area contributed by atoms with Crippen molar-refractivity contribution in [2.75, 3.05) is 13.6 Å². The summed E-state index contributed by atoms with van der Waals surface area (Å²) in [4.78, 5) is 2.44. The third-order valence-corrected chi connectivity index (χ3v) is 5.16. The molecular weight excluding hydrogens is 262 g/mol. The van der Waals surface area contributed by atoms with Crippen LogP contribution in [0.3, 0.4) is 0 Å². The van der Waals surface area contributed by atoms with Crippen LogP contribution >= 0.6 is 11.3 Å². The molecule has 3 aromatic rings. The molecule has 1 atom stereocenters. The van der Waals surface area contributed by atoms with E-state index in [2.05, 4.69) is 65.9 Å². The van der Waals surface area contributed by atoms with Crippen molar-refractivity contribution >= 4 is 21.4 Å². The van der Waals surface area contributed by atoms with Crippen LogP contribution in [0.5, 0.6) is 0 Å². The molecule has 0 amide bonds. The molecule has 0 radical (unpaired) electrons. The zero-order chi connectivity index (χ0) is 13.5. The second kappa shape index (κ2) is 4.72. The maximum absolute atomic E-state index is 2.44. The monoisotopic (exact) mass is 279 g/mol. The maximum Gasteiger partial charge on any atom is 0.0346 e. The molecule has 0 saturated heterocycles. The number of hydrogen-bond donors (Lipinski definition) is 0. The molecular formula is C18H17NS. The lowest BCUT2D eigenvalue weighted by Crippen LogP contribution is -2.31. The van der Waals surface area contributed by atoms with E-state index in [0.29, 0.717) is 5.92 Å². The van der Waals surface area contributed by atoms with E-state index in [4.69, 9.17) is 0 Å². The van der Waals surface area contributed by atoms with Crippen LogP contribution in [0.1, 0.15) is 22.6 Å². The number of fused-ring (bicyclic) bond motifs is 3. The molecule has 0 bridgehead atoms. The van der Waals surface area contributed by atoms with Crippen molar-refractivity contribution in [3.63, 3.8) is 0 Å². The Labute approximate surface area is 123 Å². The van der Waals surface area contributed by atoms with Crippen LogP contribution in [-0.4, -0.2) is 18.5 Å². The smallest absolute Gasteiger partial charge is 0.0346 e. The van der Waals surface area contributed by atoms with Gasteiger partial charge in [0.05, 0.1) is 0 Å². The highest BCUT2D eigenvalue weighted by molar-refractivity contribution is 7.17. The van der Waals surface area contributed by atoms with Crippen LogP contribution in [0.2, 0.25) is 0 Å². The summed E-state index contributed by atoms with van der Waals surface area (Å²) in [6.45, 7) is 2.17. The quantitative estimate of drug-likeness (QED) is 0.635.